The quantitative estimate of drug-likeness (QED) is 0.596. The van der Waals surface area contributed by atoms with Crippen LogP contribution in [-0.4, -0.2) is 28.6 Å². The zero-order chi connectivity index (χ0) is 13.0. The van der Waals surface area contributed by atoms with Gasteiger partial charge in [0.1, 0.15) is 11.6 Å². The highest BCUT2D eigenvalue weighted by atomic mass is 35.5. The van der Waals surface area contributed by atoms with Crippen molar-refractivity contribution in [3.8, 4) is 0 Å². The third kappa shape index (κ3) is 2.82. The van der Waals surface area contributed by atoms with Crippen molar-refractivity contribution in [1.29, 1.82) is 0 Å². The maximum Gasteiger partial charge on any atom is 0.125 e. The van der Waals surface area contributed by atoms with Gasteiger partial charge in [0, 0.05) is 31.5 Å². The Hall–Kier alpha value is -1.13. The maximum absolute atomic E-state index is 13.2. The Morgan fingerprint density at radius 1 is 1.44 bits per heavy atom. The van der Waals surface area contributed by atoms with E-state index in [1.165, 1.54) is 12.1 Å². The van der Waals surface area contributed by atoms with Gasteiger partial charge in [0.15, 0.2) is 0 Å². The van der Waals surface area contributed by atoms with Crippen molar-refractivity contribution in [2.24, 2.45) is 0 Å². The lowest BCUT2D eigenvalue weighted by molar-refractivity contribution is 0.139. The van der Waals surface area contributed by atoms with E-state index in [4.69, 9.17) is 16.3 Å². The number of fused-ring (bicyclic) bond motifs is 1. The van der Waals surface area contributed by atoms with Gasteiger partial charge in [-0.2, -0.15) is 0 Å². The lowest BCUT2D eigenvalue weighted by Gasteiger charge is -2.08. The van der Waals surface area contributed by atoms with E-state index in [2.05, 4.69) is 4.98 Å². The molecule has 0 aliphatic carbocycles. The molecule has 3 nitrogen and oxygen atoms in total. The number of hydrogen-bond acceptors (Lipinski definition) is 2. The van der Waals surface area contributed by atoms with Crippen LogP contribution in [0.5, 0.6) is 0 Å². The van der Waals surface area contributed by atoms with Crippen LogP contribution in [0.25, 0.3) is 11.0 Å². The molecule has 1 aromatic carbocycles. The van der Waals surface area contributed by atoms with Gasteiger partial charge in [-0.1, -0.05) is 0 Å². The second-order valence-electron chi connectivity index (χ2n) is 3.95. The molecule has 0 fully saturated rings. The number of alkyl halides is 1. The molecule has 0 bridgehead atoms. The first-order valence-corrected chi connectivity index (χ1v) is 6.58. The van der Waals surface area contributed by atoms with Gasteiger partial charge in [0.2, 0.25) is 0 Å². The lowest BCUT2D eigenvalue weighted by atomic mass is 10.3. The standard InChI is InChI=1S/C13H16ClFN2O/c1-2-18-8-7-17-12-4-3-10(15)9-11(12)16-13(17)5-6-14/h3-4,9H,2,5-8H2,1H3. The maximum atomic E-state index is 13.2. The van der Waals surface area contributed by atoms with Gasteiger partial charge < -0.3 is 9.30 Å². The van der Waals surface area contributed by atoms with Gasteiger partial charge in [-0.25, -0.2) is 9.37 Å². The molecule has 5 heteroatoms. The molecule has 98 valence electrons. The molecule has 0 amide bonds. The Balaban J connectivity index is 2.35. The third-order valence-corrected chi connectivity index (χ3v) is 2.96. The molecule has 0 unspecified atom stereocenters. The minimum Gasteiger partial charge on any atom is -0.380 e. The number of ether oxygens (including phenoxy) is 1. The van der Waals surface area contributed by atoms with Crippen LogP contribution in [0.2, 0.25) is 0 Å². The highest BCUT2D eigenvalue weighted by Gasteiger charge is 2.10. The molecule has 2 rings (SSSR count). The van der Waals surface area contributed by atoms with E-state index in [1.807, 2.05) is 11.5 Å². The van der Waals surface area contributed by atoms with Crippen LogP contribution in [-0.2, 0) is 17.7 Å². The predicted molar refractivity (Wildman–Crippen MR) is 70.6 cm³/mol. The van der Waals surface area contributed by atoms with E-state index in [0.29, 0.717) is 37.6 Å². The normalized spacial score (nSPS) is 11.3. The molecular weight excluding hydrogens is 255 g/mol. The fraction of sp³-hybridized carbons (Fsp3) is 0.462. The van der Waals surface area contributed by atoms with E-state index < -0.39 is 0 Å². The average molecular weight is 271 g/mol. The Bertz CT molecular complexity index is 527. The molecule has 0 atom stereocenters. The summed E-state index contributed by atoms with van der Waals surface area (Å²) in [6, 6.07) is 4.65. The first-order valence-electron chi connectivity index (χ1n) is 6.04. The average Bonchev–Trinajstić information content (AvgIpc) is 2.67. The topological polar surface area (TPSA) is 27.1 Å². The van der Waals surface area contributed by atoms with E-state index in [1.54, 1.807) is 6.07 Å². The van der Waals surface area contributed by atoms with Gasteiger partial charge in [-0.05, 0) is 19.1 Å². The largest absolute Gasteiger partial charge is 0.380 e. The van der Waals surface area contributed by atoms with Crippen molar-refractivity contribution in [3.05, 3.63) is 29.8 Å². The molecule has 1 heterocycles. The summed E-state index contributed by atoms with van der Waals surface area (Å²) in [5, 5.41) is 0. The van der Waals surface area contributed by atoms with Gasteiger partial charge in [-0.3, -0.25) is 0 Å². The molecular formula is C13H16ClFN2O. The number of halogens is 2. The minimum absolute atomic E-state index is 0.269. The van der Waals surface area contributed by atoms with Crippen molar-refractivity contribution >= 4 is 22.6 Å². The Morgan fingerprint density at radius 3 is 3.00 bits per heavy atom. The highest BCUT2D eigenvalue weighted by Crippen LogP contribution is 2.18. The zero-order valence-electron chi connectivity index (χ0n) is 10.3. The Labute approximate surface area is 111 Å². The van der Waals surface area contributed by atoms with Crippen LogP contribution >= 0.6 is 11.6 Å². The molecule has 0 saturated heterocycles. The van der Waals surface area contributed by atoms with Crippen molar-refractivity contribution < 1.29 is 9.13 Å². The molecule has 18 heavy (non-hydrogen) atoms. The van der Waals surface area contributed by atoms with Crippen molar-refractivity contribution in [3.63, 3.8) is 0 Å². The SMILES string of the molecule is CCOCCn1c(CCCl)nc2cc(F)ccc21. The minimum atomic E-state index is -0.269. The fourth-order valence-corrected chi connectivity index (χ4v) is 2.15. The number of nitrogens with zero attached hydrogens (tertiary/aromatic N) is 2. The molecule has 0 saturated carbocycles. The number of rotatable bonds is 6. The number of benzene rings is 1. The summed E-state index contributed by atoms with van der Waals surface area (Å²) < 4.78 is 20.6. The number of aryl methyl sites for hydroxylation is 1. The Morgan fingerprint density at radius 2 is 2.28 bits per heavy atom. The molecule has 0 aliphatic rings. The number of imidazole rings is 1. The van der Waals surface area contributed by atoms with Gasteiger partial charge >= 0.3 is 0 Å². The summed E-state index contributed by atoms with van der Waals surface area (Å²) >= 11 is 5.77. The summed E-state index contributed by atoms with van der Waals surface area (Å²) in [7, 11) is 0. The number of hydrogen-bond donors (Lipinski definition) is 0. The second-order valence-corrected chi connectivity index (χ2v) is 4.33. The molecule has 0 spiro atoms. The summed E-state index contributed by atoms with van der Waals surface area (Å²) in [5.41, 5.74) is 1.60. The van der Waals surface area contributed by atoms with E-state index in [-0.39, 0.29) is 5.82 Å². The van der Waals surface area contributed by atoms with Gasteiger partial charge in [-0.15, -0.1) is 11.6 Å². The van der Waals surface area contributed by atoms with E-state index >= 15 is 0 Å². The Kier molecular flexibility index (Phi) is 4.55. The van der Waals surface area contributed by atoms with Crippen LogP contribution in [0.3, 0.4) is 0 Å². The molecule has 1 aromatic heterocycles. The van der Waals surface area contributed by atoms with Crippen molar-refractivity contribution in [1.82, 2.24) is 9.55 Å². The van der Waals surface area contributed by atoms with Crippen LogP contribution < -0.4 is 0 Å². The van der Waals surface area contributed by atoms with Crippen molar-refractivity contribution in [2.45, 2.75) is 19.9 Å². The van der Waals surface area contributed by atoms with Crippen molar-refractivity contribution in [2.75, 3.05) is 19.1 Å². The first-order chi connectivity index (χ1) is 8.76. The summed E-state index contributed by atoms with van der Waals surface area (Å²) in [5.74, 6) is 1.11. The zero-order valence-corrected chi connectivity index (χ0v) is 11.1. The van der Waals surface area contributed by atoms with Crippen LogP contribution in [0.4, 0.5) is 4.39 Å². The highest BCUT2D eigenvalue weighted by molar-refractivity contribution is 6.17. The lowest BCUT2D eigenvalue weighted by Crippen LogP contribution is -2.09. The van der Waals surface area contributed by atoms with Gasteiger partial charge in [0.25, 0.3) is 0 Å². The molecule has 0 N–H and O–H groups in total. The van der Waals surface area contributed by atoms with E-state index in [9.17, 15) is 4.39 Å². The third-order valence-electron chi connectivity index (χ3n) is 2.77. The van der Waals surface area contributed by atoms with E-state index in [0.717, 1.165) is 11.3 Å². The number of aromatic nitrogens is 2. The predicted octanol–water partition coefficient (Wildman–Crippen LogP) is 2.99. The molecule has 0 radical (unpaired) electrons. The van der Waals surface area contributed by atoms with Crippen LogP contribution in [0.15, 0.2) is 18.2 Å². The first kappa shape index (κ1) is 13.3. The summed E-state index contributed by atoms with van der Waals surface area (Å²) in [4.78, 5) is 4.42. The monoisotopic (exact) mass is 270 g/mol. The van der Waals surface area contributed by atoms with Gasteiger partial charge in [0.05, 0.1) is 17.6 Å². The molecule has 2 aromatic rings. The smallest absolute Gasteiger partial charge is 0.125 e. The second kappa shape index (κ2) is 6.16. The fourth-order valence-electron chi connectivity index (χ4n) is 1.98. The summed E-state index contributed by atoms with van der Waals surface area (Å²) in [6.07, 6.45) is 0.671. The molecule has 0 aliphatic heterocycles. The van der Waals surface area contributed by atoms with Crippen LogP contribution in [0, 0.1) is 5.82 Å². The van der Waals surface area contributed by atoms with Crippen LogP contribution in [0.1, 0.15) is 12.7 Å². The summed E-state index contributed by atoms with van der Waals surface area (Å²) in [6.45, 7) is 3.98.